The van der Waals surface area contributed by atoms with Gasteiger partial charge in [0.25, 0.3) is 0 Å². The molecule has 0 aliphatic heterocycles. The van der Waals surface area contributed by atoms with E-state index in [0.717, 1.165) is 35.8 Å². The molecule has 0 bridgehead atoms. The second kappa shape index (κ2) is 7.47. The molecule has 1 aromatic carbocycles. The molecule has 1 saturated carbocycles. The van der Waals surface area contributed by atoms with Crippen molar-refractivity contribution < 1.29 is 0 Å². The first-order chi connectivity index (χ1) is 11.6. The molecule has 0 amide bonds. The van der Waals surface area contributed by atoms with Gasteiger partial charge in [-0.1, -0.05) is 19.1 Å². The minimum absolute atomic E-state index is 0.744. The Hall–Kier alpha value is -1.68. The Morgan fingerprint density at radius 1 is 1.25 bits per heavy atom. The van der Waals surface area contributed by atoms with E-state index in [9.17, 15) is 0 Å². The maximum absolute atomic E-state index is 5.03. The Balaban J connectivity index is 2.09. The van der Waals surface area contributed by atoms with Gasteiger partial charge in [0.1, 0.15) is 0 Å². The van der Waals surface area contributed by atoms with Gasteiger partial charge in [0.05, 0.1) is 5.69 Å². The van der Waals surface area contributed by atoms with Crippen LogP contribution in [0.1, 0.15) is 50.7 Å². The molecule has 3 rings (SSSR count). The monoisotopic (exact) mass is 341 g/mol. The highest BCUT2D eigenvalue weighted by atomic mass is 32.1. The standard InChI is InChI=1S/C20H27N3S/c1-5-21-20-23(22-18-8-6-7-14(2)11-18)19(13-24-20)17-10-9-15(3)16(4)12-17/h9-10,12-14H,5-8,11H2,1-4H3. The summed E-state index contributed by atoms with van der Waals surface area (Å²) in [7, 11) is 0. The van der Waals surface area contributed by atoms with E-state index in [1.165, 1.54) is 35.2 Å². The van der Waals surface area contributed by atoms with Crippen LogP contribution in [0.5, 0.6) is 0 Å². The van der Waals surface area contributed by atoms with Gasteiger partial charge in [0.15, 0.2) is 0 Å². The third kappa shape index (κ3) is 3.69. The van der Waals surface area contributed by atoms with Crippen molar-refractivity contribution in [1.82, 2.24) is 4.68 Å². The Morgan fingerprint density at radius 2 is 2.08 bits per heavy atom. The van der Waals surface area contributed by atoms with Gasteiger partial charge in [-0.15, -0.1) is 11.3 Å². The molecule has 1 heterocycles. The van der Waals surface area contributed by atoms with E-state index in [-0.39, 0.29) is 0 Å². The normalized spacial score (nSPS) is 20.8. The van der Waals surface area contributed by atoms with Crippen LogP contribution in [0.2, 0.25) is 0 Å². The van der Waals surface area contributed by atoms with Crippen molar-refractivity contribution in [1.29, 1.82) is 0 Å². The molecule has 1 aliphatic carbocycles. The third-order valence-electron chi connectivity index (χ3n) is 4.77. The second-order valence-corrected chi connectivity index (χ2v) is 7.69. The molecular weight excluding hydrogens is 314 g/mol. The SMILES string of the molecule is CCN=c1scc(-c2ccc(C)c(C)c2)n1N=C1CCCC(C)C1. The Morgan fingerprint density at radius 3 is 2.79 bits per heavy atom. The number of aromatic nitrogens is 1. The average Bonchev–Trinajstić information content (AvgIpc) is 2.93. The van der Waals surface area contributed by atoms with Crippen LogP contribution in [0.25, 0.3) is 11.3 Å². The molecule has 0 radical (unpaired) electrons. The van der Waals surface area contributed by atoms with E-state index in [2.05, 4.69) is 60.9 Å². The van der Waals surface area contributed by atoms with Crippen molar-refractivity contribution in [2.24, 2.45) is 16.0 Å². The summed E-state index contributed by atoms with van der Waals surface area (Å²) in [5.74, 6) is 0.744. The topological polar surface area (TPSA) is 29.6 Å². The number of hydrogen-bond acceptors (Lipinski definition) is 3. The smallest absolute Gasteiger partial charge is 0.206 e. The van der Waals surface area contributed by atoms with Crippen molar-refractivity contribution >= 4 is 17.0 Å². The predicted molar refractivity (Wildman–Crippen MR) is 104 cm³/mol. The molecule has 0 spiro atoms. The van der Waals surface area contributed by atoms with Gasteiger partial charge >= 0.3 is 0 Å². The zero-order valence-corrected chi connectivity index (χ0v) is 16.0. The third-order valence-corrected chi connectivity index (χ3v) is 5.62. The van der Waals surface area contributed by atoms with Gasteiger partial charge in [0.2, 0.25) is 4.80 Å². The van der Waals surface area contributed by atoms with E-state index in [0.29, 0.717) is 0 Å². The highest BCUT2D eigenvalue weighted by molar-refractivity contribution is 7.07. The van der Waals surface area contributed by atoms with Crippen LogP contribution in [0.4, 0.5) is 0 Å². The van der Waals surface area contributed by atoms with E-state index < -0.39 is 0 Å². The Kier molecular flexibility index (Phi) is 5.34. The van der Waals surface area contributed by atoms with Crippen LogP contribution in [0.3, 0.4) is 0 Å². The van der Waals surface area contributed by atoms with Gasteiger partial charge in [-0.25, -0.2) is 4.68 Å². The van der Waals surface area contributed by atoms with E-state index in [4.69, 9.17) is 5.10 Å². The summed E-state index contributed by atoms with van der Waals surface area (Å²) in [5.41, 5.74) is 6.33. The van der Waals surface area contributed by atoms with Crippen LogP contribution in [0, 0.1) is 19.8 Å². The van der Waals surface area contributed by atoms with Gasteiger partial charge in [0, 0.05) is 23.2 Å². The molecule has 0 N–H and O–H groups in total. The number of rotatable bonds is 3. The molecule has 1 atom stereocenters. The van der Waals surface area contributed by atoms with Crippen molar-refractivity contribution in [2.75, 3.05) is 6.54 Å². The molecule has 4 heteroatoms. The number of hydrogen-bond donors (Lipinski definition) is 0. The summed E-state index contributed by atoms with van der Waals surface area (Å²) in [6, 6.07) is 6.65. The van der Waals surface area contributed by atoms with Crippen molar-refractivity contribution in [3.05, 3.63) is 39.5 Å². The summed E-state index contributed by atoms with van der Waals surface area (Å²) in [6.07, 6.45) is 4.80. The van der Waals surface area contributed by atoms with Gasteiger partial charge in [-0.2, -0.15) is 5.10 Å². The number of thiazole rings is 1. The van der Waals surface area contributed by atoms with Crippen LogP contribution < -0.4 is 4.80 Å². The largest absolute Gasteiger partial charge is 0.258 e. The van der Waals surface area contributed by atoms with E-state index in [1.807, 2.05) is 0 Å². The fourth-order valence-corrected chi connectivity index (χ4v) is 4.13. The maximum Gasteiger partial charge on any atom is 0.206 e. The van der Waals surface area contributed by atoms with Gasteiger partial charge in [-0.05, 0) is 69.6 Å². The van der Waals surface area contributed by atoms with Crippen LogP contribution in [-0.2, 0) is 0 Å². The molecule has 3 nitrogen and oxygen atoms in total. The summed E-state index contributed by atoms with van der Waals surface area (Å²) in [4.78, 5) is 5.65. The molecule has 1 unspecified atom stereocenters. The van der Waals surface area contributed by atoms with Crippen LogP contribution in [0.15, 0.2) is 33.7 Å². The van der Waals surface area contributed by atoms with Gasteiger partial charge in [-0.3, -0.25) is 4.99 Å². The predicted octanol–water partition coefficient (Wildman–Crippen LogP) is 5.17. The van der Waals surface area contributed by atoms with E-state index in [1.54, 1.807) is 11.3 Å². The summed E-state index contributed by atoms with van der Waals surface area (Å²) in [5, 5.41) is 7.21. The lowest BCUT2D eigenvalue weighted by atomic mass is 9.89. The average molecular weight is 342 g/mol. The fraction of sp³-hybridized carbons (Fsp3) is 0.500. The van der Waals surface area contributed by atoms with Crippen LogP contribution >= 0.6 is 11.3 Å². The highest BCUT2D eigenvalue weighted by Gasteiger charge is 2.16. The molecule has 1 aromatic heterocycles. The van der Waals surface area contributed by atoms with E-state index >= 15 is 0 Å². The van der Waals surface area contributed by atoms with Gasteiger partial charge < -0.3 is 0 Å². The fourth-order valence-electron chi connectivity index (χ4n) is 3.23. The second-order valence-electron chi connectivity index (χ2n) is 6.86. The molecule has 0 saturated heterocycles. The quantitative estimate of drug-likeness (QED) is 0.737. The lowest BCUT2D eigenvalue weighted by Gasteiger charge is -2.19. The molecule has 24 heavy (non-hydrogen) atoms. The number of benzene rings is 1. The number of aryl methyl sites for hydroxylation is 2. The Bertz CT molecular complexity index is 811. The highest BCUT2D eigenvalue weighted by Crippen LogP contribution is 2.25. The zero-order valence-electron chi connectivity index (χ0n) is 15.2. The summed E-state index contributed by atoms with van der Waals surface area (Å²) in [6.45, 7) is 9.52. The zero-order chi connectivity index (χ0) is 17.1. The first-order valence-corrected chi connectivity index (χ1v) is 9.81. The lowest BCUT2D eigenvalue weighted by molar-refractivity contribution is 0.497. The van der Waals surface area contributed by atoms with Crippen molar-refractivity contribution in [3.63, 3.8) is 0 Å². The molecule has 128 valence electrons. The van der Waals surface area contributed by atoms with Crippen molar-refractivity contribution in [2.45, 2.75) is 53.4 Å². The molecule has 2 aromatic rings. The maximum atomic E-state index is 5.03. The minimum Gasteiger partial charge on any atom is -0.258 e. The molecule has 1 aliphatic rings. The molecule has 1 fully saturated rings. The first kappa shape index (κ1) is 17.2. The first-order valence-electron chi connectivity index (χ1n) is 8.94. The van der Waals surface area contributed by atoms with Crippen LogP contribution in [-0.4, -0.2) is 16.9 Å². The summed E-state index contributed by atoms with van der Waals surface area (Å²) < 4.78 is 2.08. The number of nitrogens with zero attached hydrogens (tertiary/aromatic N) is 3. The van der Waals surface area contributed by atoms with Crippen molar-refractivity contribution in [3.8, 4) is 11.3 Å². The lowest BCUT2D eigenvalue weighted by Crippen LogP contribution is -2.18. The minimum atomic E-state index is 0.744. The Labute approximate surface area is 148 Å². The molecular formula is C20H27N3S. The summed E-state index contributed by atoms with van der Waals surface area (Å²) >= 11 is 1.68.